The van der Waals surface area contributed by atoms with E-state index in [-0.39, 0.29) is 11.9 Å². The molecule has 21 heavy (non-hydrogen) atoms. The quantitative estimate of drug-likeness (QED) is 0.920. The molecule has 1 amide bonds. The molecule has 0 spiro atoms. The van der Waals surface area contributed by atoms with Crippen LogP contribution in [-0.4, -0.2) is 43.7 Å². The van der Waals surface area contributed by atoms with Gasteiger partial charge in [-0.2, -0.15) is 11.3 Å². The summed E-state index contributed by atoms with van der Waals surface area (Å²) in [6.07, 6.45) is 0. The molecule has 1 atom stereocenters. The molecule has 1 saturated heterocycles. The molecule has 0 bridgehead atoms. The van der Waals surface area contributed by atoms with Gasteiger partial charge in [0.15, 0.2) is 0 Å². The topological polar surface area (TPSA) is 41.6 Å². The lowest BCUT2D eigenvalue weighted by molar-refractivity contribution is 0.0169. The van der Waals surface area contributed by atoms with Gasteiger partial charge in [0.1, 0.15) is 0 Å². The molecule has 0 saturated carbocycles. The van der Waals surface area contributed by atoms with Gasteiger partial charge in [0, 0.05) is 35.5 Å². The van der Waals surface area contributed by atoms with E-state index in [1.807, 2.05) is 16.8 Å². The third kappa shape index (κ3) is 3.71. The van der Waals surface area contributed by atoms with Gasteiger partial charge in [-0.05, 0) is 22.9 Å². The number of nitrogens with zero attached hydrogens (tertiary/aromatic N) is 1. The second-order valence-corrected chi connectivity index (χ2v) is 6.66. The van der Waals surface area contributed by atoms with E-state index in [4.69, 9.17) is 4.74 Å². The second kappa shape index (κ2) is 7.17. The average Bonchev–Trinajstić information content (AvgIpc) is 3.22. The monoisotopic (exact) mass is 322 g/mol. The van der Waals surface area contributed by atoms with E-state index < -0.39 is 0 Å². The Bertz CT molecular complexity index is 548. The van der Waals surface area contributed by atoms with E-state index >= 15 is 0 Å². The summed E-state index contributed by atoms with van der Waals surface area (Å²) in [6.45, 7) is 3.99. The number of thiophene rings is 2. The van der Waals surface area contributed by atoms with E-state index in [1.54, 1.807) is 22.7 Å². The Morgan fingerprint density at radius 1 is 1.33 bits per heavy atom. The van der Waals surface area contributed by atoms with Gasteiger partial charge in [-0.15, -0.1) is 11.3 Å². The molecule has 4 nitrogen and oxygen atoms in total. The Morgan fingerprint density at radius 3 is 2.86 bits per heavy atom. The van der Waals surface area contributed by atoms with Crippen molar-refractivity contribution in [3.63, 3.8) is 0 Å². The van der Waals surface area contributed by atoms with Crippen molar-refractivity contribution in [2.75, 3.05) is 32.8 Å². The van der Waals surface area contributed by atoms with Crippen LogP contribution in [0.4, 0.5) is 0 Å². The Morgan fingerprint density at radius 2 is 2.19 bits per heavy atom. The first-order valence-electron chi connectivity index (χ1n) is 7.00. The molecule has 112 valence electrons. The van der Waals surface area contributed by atoms with Crippen LogP contribution in [0.3, 0.4) is 0 Å². The van der Waals surface area contributed by atoms with Crippen molar-refractivity contribution in [1.82, 2.24) is 10.2 Å². The van der Waals surface area contributed by atoms with Gasteiger partial charge in [0.05, 0.1) is 19.3 Å². The first kappa shape index (κ1) is 14.7. The molecule has 0 radical (unpaired) electrons. The molecule has 0 aromatic carbocycles. The zero-order chi connectivity index (χ0) is 14.5. The van der Waals surface area contributed by atoms with Crippen LogP contribution in [0.2, 0.25) is 0 Å². The molecule has 3 heterocycles. The Labute approximate surface area is 132 Å². The van der Waals surface area contributed by atoms with E-state index in [1.165, 1.54) is 4.88 Å². The lowest BCUT2D eigenvalue weighted by Crippen LogP contribution is -2.43. The van der Waals surface area contributed by atoms with Crippen LogP contribution in [-0.2, 0) is 4.74 Å². The minimum absolute atomic E-state index is 0.00562. The summed E-state index contributed by atoms with van der Waals surface area (Å²) >= 11 is 3.28. The Hall–Kier alpha value is -1.21. The highest BCUT2D eigenvalue weighted by atomic mass is 32.1. The largest absolute Gasteiger partial charge is 0.379 e. The highest BCUT2D eigenvalue weighted by Crippen LogP contribution is 2.25. The number of nitrogens with one attached hydrogen (secondary N) is 1. The fourth-order valence-corrected chi connectivity index (χ4v) is 3.96. The van der Waals surface area contributed by atoms with Crippen molar-refractivity contribution in [3.05, 3.63) is 44.8 Å². The standard InChI is InChI=1S/C15H18N2O2S2/c18-15(12-3-9-20-11-12)16-10-13(14-2-1-8-21-14)17-4-6-19-7-5-17/h1-3,8-9,11,13H,4-7,10H2,(H,16,18)/t13-/m0/s1. The van der Waals surface area contributed by atoms with Crippen LogP contribution < -0.4 is 5.32 Å². The number of ether oxygens (including phenoxy) is 1. The second-order valence-electron chi connectivity index (χ2n) is 4.90. The summed E-state index contributed by atoms with van der Waals surface area (Å²) in [4.78, 5) is 15.8. The minimum atomic E-state index is 0.00562. The van der Waals surface area contributed by atoms with Crippen LogP contribution in [0.25, 0.3) is 0 Å². The first-order chi connectivity index (χ1) is 10.3. The zero-order valence-electron chi connectivity index (χ0n) is 11.7. The van der Waals surface area contributed by atoms with Crippen LogP contribution in [0.15, 0.2) is 34.3 Å². The van der Waals surface area contributed by atoms with Gasteiger partial charge in [-0.1, -0.05) is 6.07 Å². The smallest absolute Gasteiger partial charge is 0.252 e. The third-order valence-electron chi connectivity index (χ3n) is 3.60. The maximum absolute atomic E-state index is 12.1. The van der Waals surface area contributed by atoms with E-state index in [2.05, 4.69) is 27.7 Å². The van der Waals surface area contributed by atoms with Crippen molar-refractivity contribution < 1.29 is 9.53 Å². The first-order valence-corrected chi connectivity index (χ1v) is 8.82. The van der Waals surface area contributed by atoms with E-state index in [0.717, 1.165) is 31.9 Å². The summed E-state index contributed by atoms with van der Waals surface area (Å²) in [7, 11) is 0. The average molecular weight is 322 g/mol. The van der Waals surface area contributed by atoms with Gasteiger partial charge in [0.25, 0.3) is 5.91 Å². The molecule has 2 aromatic heterocycles. The molecular weight excluding hydrogens is 304 g/mol. The number of amides is 1. The molecule has 0 unspecified atom stereocenters. The maximum atomic E-state index is 12.1. The van der Waals surface area contributed by atoms with Crippen LogP contribution in [0.1, 0.15) is 21.3 Å². The summed E-state index contributed by atoms with van der Waals surface area (Å²) < 4.78 is 5.43. The van der Waals surface area contributed by atoms with Crippen molar-refractivity contribution in [2.45, 2.75) is 6.04 Å². The normalized spacial score (nSPS) is 17.5. The number of hydrogen-bond donors (Lipinski definition) is 1. The van der Waals surface area contributed by atoms with Gasteiger partial charge in [0.2, 0.25) is 0 Å². The molecule has 2 aromatic rings. The zero-order valence-corrected chi connectivity index (χ0v) is 13.3. The number of hydrogen-bond acceptors (Lipinski definition) is 5. The molecule has 1 aliphatic rings. The van der Waals surface area contributed by atoms with Crippen molar-refractivity contribution in [3.8, 4) is 0 Å². The molecule has 6 heteroatoms. The van der Waals surface area contributed by atoms with Crippen molar-refractivity contribution in [1.29, 1.82) is 0 Å². The third-order valence-corrected chi connectivity index (χ3v) is 5.25. The van der Waals surface area contributed by atoms with Crippen LogP contribution in [0.5, 0.6) is 0 Å². The molecule has 3 rings (SSSR count). The number of carbonyl (C=O) groups excluding carboxylic acids is 1. The highest BCUT2D eigenvalue weighted by molar-refractivity contribution is 7.10. The van der Waals surface area contributed by atoms with Gasteiger partial charge in [-0.3, -0.25) is 9.69 Å². The lowest BCUT2D eigenvalue weighted by atomic mass is 10.2. The maximum Gasteiger partial charge on any atom is 0.252 e. The van der Waals surface area contributed by atoms with Crippen molar-refractivity contribution in [2.24, 2.45) is 0 Å². The van der Waals surface area contributed by atoms with Crippen LogP contribution in [0, 0.1) is 0 Å². The molecular formula is C15H18N2O2S2. The fraction of sp³-hybridized carbons (Fsp3) is 0.400. The number of carbonyl (C=O) groups is 1. The molecule has 0 aliphatic carbocycles. The number of morpholine rings is 1. The Balaban J connectivity index is 1.66. The minimum Gasteiger partial charge on any atom is -0.379 e. The van der Waals surface area contributed by atoms with E-state index in [9.17, 15) is 4.79 Å². The summed E-state index contributed by atoms with van der Waals surface area (Å²) in [5.74, 6) is 0.00562. The summed E-state index contributed by atoms with van der Waals surface area (Å²) in [5, 5.41) is 8.95. The predicted molar refractivity (Wildman–Crippen MR) is 86.1 cm³/mol. The molecule has 1 fully saturated rings. The molecule has 1 aliphatic heterocycles. The lowest BCUT2D eigenvalue weighted by Gasteiger charge is -2.34. The SMILES string of the molecule is O=C(NC[C@@H](c1cccs1)N1CCOCC1)c1ccsc1. The van der Waals surface area contributed by atoms with Gasteiger partial charge >= 0.3 is 0 Å². The Kier molecular flexibility index (Phi) is 5.03. The highest BCUT2D eigenvalue weighted by Gasteiger charge is 2.24. The summed E-state index contributed by atoms with van der Waals surface area (Å²) in [6, 6.07) is 6.29. The van der Waals surface area contributed by atoms with E-state index in [0.29, 0.717) is 6.54 Å². The van der Waals surface area contributed by atoms with Gasteiger partial charge < -0.3 is 10.1 Å². The van der Waals surface area contributed by atoms with Crippen molar-refractivity contribution >= 4 is 28.6 Å². The fourth-order valence-electron chi connectivity index (χ4n) is 2.46. The molecule has 1 N–H and O–H groups in total. The van der Waals surface area contributed by atoms with Gasteiger partial charge in [-0.25, -0.2) is 0 Å². The number of rotatable bonds is 5. The predicted octanol–water partition coefficient (Wildman–Crippen LogP) is 2.61. The van der Waals surface area contributed by atoms with Crippen LogP contribution >= 0.6 is 22.7 Å². The summed E-state index contributed by atoms with van der Waals surface area (Å²) in [5.41, 5.74) is 0.743.